The van der Waals surface area contributed by atoms with Crippen LogP contribution in [0.3, 0.4) is 0 Å². The van der Waals surface area contributed by atoms with Crippen molar-refractivity contribution in [3.63, 3.8) is 0 Å². The van der Waals surface area contributed by atoms with E-state index in [-0.39, 0.29) is 6.42 Å². The molecule has 0 bridgehead atoms. The van der Waals surface area contributed by atoms with E-state index >= 15 is 0 Å². The molecule has 1 aromatic rings. The lowest BCUT2D eigenvalue weighted by atomic mass is 10.1. The third kappa shape index (κ3) is 4.87. The minimum absolute atomic E-state index is 0.0880. The van der Waals surface area contributed by atoms with Crippen LogP contribution >= 0.6 is 0 Å². The van der Waals surface area contributed by atoms with Crippen molar-refractivity contribution in [1.82, 2.24) is 0 Å². The van der Waals surface area contributed by atoms with Gasteiger partial charge >= 0.3 is 5.97 Å². The third-order valence-corrected chi connectivity index (χ3v) is 2.41. The van der Waals surface area contributed by atoms with Crippen molar-refractivity contribution in [2.45, 2.75) is 38.8 Å². The Morgan fingerprint density at radius 3 is 2.53 bits per heavy atom. The summed E-state index contributed by atoms with van der Waals surface area (Å²) in [6.07, 6.45) is 0.0880. The number of esters is 1. The standard InChI is InChI=1S/C14H20FNO3/c1-14(2,3)19-13(17)12(16)7-9-5-6-10(18-4)8-11(9)15/h5-6,8,12H,7,16H2,1-4H3. The van der Waals surface area contributed by atoms with Crippen molar-refractivity contribution in [1.29, 1.82) is 0 Å². The Bertz CT molecular complexity index is 454. The quantitative estimate of drug-likeness (QED) is 0.850. The van der Waals surface area contributed by atoms with E-state index < -0.39 is 23.4 Å². The van der Waals surface area contributed by atoms with Gasteiger partial charge in [0, 0.05) is 12.5 Å². The second-order valence-electron chi connectivity index (χ2n) is 5.30. The molecule has 0 spiro atoms. The van der Waals surface area contributed by atoms with E-state index in [4.69, 9.17) is 15.2 Å². The molecule has 0 saturated carbocycles. The molecule has 5 heteroatoms. The summed E-state index contributed by atoms with van der Waals surface area (Å²) < 4.78 is 23.8. The lowest BCUT2D eigenvalue weighted by Gasteiger charge is -2.22. The number of halogens is 1. The minimum atomic E-state index is -0.887. The van der Waals surface area contributed by atoms with Crippen molar-refractivity contribution in [2.24, 2.45) is 5.73 Å². The van der Waals surface area contributed by atoms with Gasteiger partial charge in [0.05, 0.1) is 7.11 Å². The normalized spacial score (nSPS) is 12.9. The molecule has 0 aliphatic rings. The van der Waals surface area contributed by atoms with E-state index in [1.165, 1.54) is 13.2 Å². The molecule has 4 nitrogen and oxygen atoms in total. The van der Waals surface area contributed by atoms with Gasteiger partial charge < -0.3 is 15.2 Å². The number of nitrogens with two attached hydrogens (primary N) is 1. The van der Waals surface area contributed by atoms with Crippen molar-refractivity contribution in [2.75, 3.05) is 7.11 Å². The summed E-state index contributed by atoms with van der Waals surface area (Å²) in [6, 6.07) is 3.55. The Morgan fingerprint density at radius 1 is 1.42 bits per heavy atom. The van der Waals surface area contributed by atoms with Crippen molar-refractivity contribution in [3.8, 4) is 5.75 Å². The van der Waals surface area contributed by atoms with Crippen LogP contribution in [0.25, 0.3) is 0 Å². The fraction of sp³-hybridized carbons (Fsp3) is 0.500. The number of carbonyl (C=O) groups is 1. The molecule has 106 valence electrons. The Balaban J connectivity index is 2.71. The Hall–Kier alpha value is -1.62. The number of methoxy groups -OCH3 is 1. The summed E-state index contributed by atoms with van der Waals surface area (Å²) in [5.41, 5.74) is 5.48. The Labute approximate surface area is 112 Å². The van der Waals surface area contributed by atoms with Crippen LogP contribution in [0.2, 0.25) is 0 Å². The zero-order valence-corrected chi connectivity index (χ0v) is 11.7. The number of benzene rings is 1. The molecule has 0 aliphatic heterocycles. The first-order valence-corrected chi connectivity index (χ1v) is 6.04. The van der Waals surface area contributed by atoms with Crippen molar-refractivity contribution < 1.29 is 18.7 Å². The van der Waals surface area contributed by atoms with Gasteiger partial charge in [-0.2, -0.15) is 0 Å². The maximum atomic E-state index is 13.7. The molecule has 1 aromatic carbocycles. The second kappa shape index (κ2) is 6.02. The molecule has 0 radical (unpaired) electrons. The van der Waals surface area contributed by atoms with Crippen LogP contribution < -0.4 is 10.5 Å². The lowest BCUT2D eigenvalue weighted by Crippen LogP contribution is -2.39. The van der Waals surface area contributed by atoms with Gasteiger partial charge in [-0.25, -0.2) is 4.39 Å². The van der Waals surface area contributed by atoms with Crippen LogP contribution in [0.4, 0.5) is 4.39 Å². The average Bonchev–Trinajstić information content (AvgIpc) is 2.29. The Morgan fingerprint density at radius 2 is 2.05 bits per heavy atom. The molecule has 0 fully saturated rings. The number of hydrogen-bond acceptors (Lipinski definition) is 4. The molecule has 2 N–H and O–H groups in total. The van der Waals surface area contributed by atoms with E-state index in [0.717, 1.165) is 0 Å². The highest BCUT2D eigenvalue weighted by molar-refractivity contribution is 5.76. The number of hydrogen-bond donors (Lipinski definition) is 1. The summed E-state index contributed by atoms with van der Waals surface area (Å²) >= 11 is 0. The smallest absolute Gasteiger partial charge is 0.323 e. The van der Waals surface area contributed by atoms with Gasteiger partial charge in [-0.3, -0.25) is 4.79 Å². The van der Waals surface area contributed by atoms with Crippen LogP contribution in [-0.4, -0.2) is 24.7 Å². The van der Waals surface area contributed by atoms with E-state index in [9.17, 15) is 9.18 Å². The fourth-order valence-electron chi connectivity index (χ4n) is 1.52. The third-order valence-electron chi connectivity index (χ3n) is 2.41. The second-order valence-corrected chi connectivity index (χ2v) is 5.30. The molecule has 1 unspecified atom stereocenters. The molecule has 0 aromatic heterocycles. The maximum absolute atomic E-state index is 13.7. The predicted octanol–water partition coefficient (Wildman–Crippen LogP) is 2.05. The predicted molar refractivity (Wildman–Crippen MR) is 70.5 cm³/mol. The van der Waals surface area contributed by atoms with Gasteiger partial charge in [0.1, 0.15) is 23.2 Å². The topological polar surface area (TPSA) is 61.5 Å². The van der Waals surface area contributed by atoms with Crippen LogP contribution in [0.1, 0.15) is 26.3 Å². The van der Waals surface area contributed by atoms with Gasteiger partial charge in [0.2, 0.25) is 0 Å². The van der Waals surface area contributed by atoms with Crippen LogP contribution in [0, 0.1) is 5.82 Å². The van der Waals surface area contributed by atoms with Crippen LogP contribution in [0.5, 0.6) is 5.75 Å². The van der Waals surface area contributed by atoms with Gasteiger partial charge in [0.15, 0.2) is 0 Å². The molecular formula is C14H20FNO3. The number of rotatable bonds is 4. The largest absolute Gasteiger partial charge is 0.497 e. The van der Waals surface area contributed by atoms with Gasteiger partial charge in [-0.15, -0.1) is 0 Å². The molecule has 0 heterocycles. The molecule has 19 heavy (non-hydrogen) atoms. The van der Waals surface area contributed by atoms with Crippen LogP contribution in [-0.2, 0) is 16.0 Å². The van der Waals surface area contributed by atoms with Crippen molar-refractivity contribution >= 4 is 5.97 Å². The summed E-state index contributed by atoms with van der Waals surface area (Å²) in [5.74, 6) is -0.562. The minimum Gasteiger partial charge on any atom is -0.497 e. The van der Waals surface area contributed by atoms with E-state index in [0.29, 0.717) is 11.3 Å². The van der Waals surface area contributed by atoms with Crippen LogP contribution in [0.15, 0.2) is 18.2 Å². The van der Waals surface area contributed by atoms with Gasteiger partial charge in [-0.05, 0) is 32.4 Å². The maximum Gasteiger partial charge on any atom is 0.323 e. The first kappa shape index (κ1) is 15.4. The SMILES string of the molecule is COc1ccc(CC(N)C(=O)OC(C)(C)C)c(F)c1. The van der Waals surface area contributed by atoms with E-state index in [2.05, 4.69) is 0 Å². The molecular weight excluding hydrogens is 249 g/mol. The highest BCUT2D eigenvalue weighted by atomic mass is 19.1. The first-order valence-electron chi connectivity index (χ1n) is 6.04. The molecule has 0 saturated heterocycles. The highest BCUT2D eigenvalue weighted by Crippen LogP contribution is 2.18. The highest BCUT2D eigenvalue weighted by Gasteiger charge is 2.23. The molecule has 0 amide bonds. The van der Waals surface area contributed by atoms with Gasteiger partial charge in [-0.1, -0.05) is 6.07 Å². The van der Waals surface area contributed by atoms with Crippen molar-refractivity contribution in [3.05, 3.63) is 29.6 Å². The summed E-state index contributed by atoms with van der Waals surface area (Å²) in [7, 11) is 1.46. The summed E-state index contributed by atoms with van der Waals surface area (Å²) in [6.45, 7) is 5.27. The fourth-order valence-corrected chi connectivity index (χ4v) is 1.52. The monoisotopic (exact) mass is 269 g/mol. The molecule has 1 rings (SSSR count). The summed E-state index contributed by atoms with van der Waals surface area (Å²) in [5, 5.41) is 0. The zero-order valence-electron chi connectivity index (χ0n) is 11.7. The number of ether oxygens (including phenoxy) is 2. The first-order chi connectivity index (χ1) is 8.73. The number of carbonyl (C=O) groups excluding carboxylic acids is 1. The molecule has 0 aliphatic carbocycles. The lowest BCUT2D eigenvalue weighted by molar-refractivity contribution is -0.156. The molecule has 1 atom stereocenters. The van der Waals surface area contributed by atoms with Gasteiger partial charge in [0.25, 0.3) is 0 Å². The average molecular weight is 269 g/mol. The Kier molecular flexibility index (Phi) is 4.89. The zero-order chi connectivity index (χ0) is 14.6. The van der Waals surface area contributed by atoms with E-state index in [1.807, 2.05) is 0 Å². The van der Waals surface area contributed by atoms with E-state index in [1.54, 1.807) is 32.9 Å². The summed E-state index contributed by atoms with van der Waals surface area (Å²) in [4.78, 5) is 11.7.